The summed E-state index contributed by atoms with van der Waals surface area (Å²) in [6.45, 7) is 4.19. The van der Waals surface area contributed by atoms with E-state index in [0.29, 0.717) is 11.1 Å². The van der Waals surface area contributed by atoms with Crippen LogP contribution in [0.1, 0.15) is 45.6 Å². The fourth-order valence-corrected chi connectivity index (χ4v) is 7.71. The summed E-state index contributed by atoms with van der Waals surface area (Å²) >= 11 is 0. The lowest BCUT2D eigenvalue weighted by atomic mass is 9.90. The molecule has 1 aliphatic carbocycles. The molecule has 1 aliphatic rings. The summed E-state index contributed by atoms with van der Waals surface area (Å²) in [6, 6.07) is 40.3. The quantitative estimate of drug-likeness (QED) is 0.176. The SMILES string of the molecule is C#C/C=C\c1c(C)c2ccccc2n1-c1ccccc1-c1cc(-c2cccc(-n3c4c(c5c(C#N)cccc53)CCC=C4)c2)c(C)cc1C#N. The van der Waals surface area contributed by atoms with E-state index in [0.717, 1.165) is 90.8 Å². The zero-order valence-electron chi connectivity index (χ0n) is 27.9. The van der Waals surface area contributed by atoms with E-state index >= 15 is 0 Å². The van der Waals surface area contributed by atoms with Crippen molar-refractivity contribution in [2.45, 2.75) is 26.7 Å². The molecule has 4 heteroatoms. The van der Waals surface area contributed by atoms with Crippen LogP contribution in [0.2, 0.25) is 0 Å². The summed E-state index contributed by atoms with van der Waals surface area (Å²) in [7, 11) is 0. The van der Waals surface area contributed by atoms with Crippen molar-refractivity contribution in [3.8, 4) is 58.1 Å². The molecule has 2 heterocycles. The lowest BCUT2D eigenvalue weighted by Gasteiger charge is -2.18. The van der Waals surface area contributed by atoms with Gasteiger partial charge >= 0.3 is 0 Å². The van der Waals surface area contributed by atoms with Gasteiger partial charge in [-0.1, -0.05) is 66.6 Å². The maximum absolute atomic E-state index is 10.5. The molecule has 0 unspecified atom stereocenters. The first kappa shape index (κ1) is 30.5. The maximum Gasteiger partial charge on any atom is 0.0998 e. The highest BCUT2D eigenvalue weighted by Crippen LogP contribution is 2.40. The average Bonchev–Trinajstić information content (AvgIpc) is 3.65. The van der Waals surface area contributed by atoms with Crippen molar-refractivity contribution in [1.29, 1.82) is 10.5 Å². The number of allylic oxidation sites excluding steroid dienone is 2. The number of fused-ring (bicyclic) bond motifs is 4. The first-order chi connectivity index (χ1) is 24.5. The van der Waals surface area contributed by atoms with E-state index < -0.39 is 0 Å². The second-order valence-electron chi connectivity index (χ2n) is 12.7. The number of terminal acetylenes is 1. The minimum atomic E-state index is 0.614. The highest BCUT2D eigenvalue weighted by Gasteiger charge is 2.22. The van der Waals surface area contributed by atoms with Gasteiger partial charge in [-0.25, -0.2) is 0 Å². The van der Waals surface area contributed by atoms with Gasteiger partial charge in [0, 0.05) is 33.3 Å². The molecule has 0 spiro atoms. The number of hydrogen-bond acceptors (Lipinski definition) is 2. The standard InChI is InChI=1S/C46H32N4/c1-4-5-20-41-31(3)36-17-6-9-21-42(36)50(41)43-22-10-7-18-37(43)40-27-39(30(2)25-34(40)29-48)32-14-12-16-35(26-32)49-44-23-11-8-19-38(44)46-33(28-47)15-13-24-45(46)49/h1,5-7,9-18,20-27H,8,19H2,2-3H3/b20-5-. The third kappa shape index (κ3) is 4.77. The van der Waals surface area contributed by atoms with Gasteiger partial charge in [0.15, 0.2) is 0 Å². The number of nitriles is 2. The van der Waals surface area contributed by atoms with Crippen molar-refractivity contribution in [2.24, 2.45) is 0 Å². The highest BCUT2D eigenvalue weighted by molar-refractivity contribution is 5.96. The predicted molar refractivity (Wildman–Crippen MR) is 205 cm³/mol. The fourth-order valence-electron chi connectivity index (χ4n) is 7.71. The number of aromatic nitrogens is 2. The molecule has 4 nitrogen and oxygen atoms in total. The number of hydrogen-bond donors (Lipinski definition) is 0. The van der Waals surface area contributed by atoms with Crippen LogP contribution >= 0.6 is 0 Å². The Bertz CT molecular complexity index is 2710. The molecule has 5 aromatic carbocycles. The van der Waals surface area contributed by atoms with Gasteiger partial charge < -0.3 is 9.13 Å². The monoisotopic (exact) mass is 640 g/mol. The molecule has 7 aromatic rings. The summed E-state index contributed by atoms with van der Waals surface area (Å²) in [6.07, 6.45) is 15.7. The summed E-state index contributed by atoms with van der Waals surface area (Å²) < 4.78 is 4.53. The second-order valence-corrected chi connectivity index (χ2v) is 12.7. The van der Waals surface area contributed by atoms with Gasteiger partial charge in [0.2, 0.25) is 0 Å². The van der Waals surface area contributed by atoms with Crippen LogP contribution in [0, 0.1) is 48.9 Å². The largest absolute Gasteiger partial charge is 0.310 e. The van der Waals surface area contributed by atoms with Gasteiger partial charge in [0.05, 0.1) is 45.7 Å². The molecule has 0 aliphatic heterocycles. The summed E-state index contributed by atoms with van der Waals surface area (Å²) in [5.41, 5.74) is 14.9. The normalized spacial score (nSPS) is 12.2. The molecule has 0 amide bonds. The molecule has 0 N–H and O–H groups in total. The van der Waals surface area contributed by atoms with Crippen molar-refractivity contribution in [2.75, 3.05) is 0 Å². The van der Waals surface area contributed by atoms with E-state index in [1.54, 1.807) is 6.08 Å². The van der Waals surface area contributed by atoms with Gasteiger partial charge in [-0.05, 0) is 121 Å². The molecule has 8 rings (SSSR count). The first-order valence-electron chi connectivity index (χ1n) is 16.7. The number of nitrogens with zero attached hydrogens (tertiary/aromatic N) is 4. The van der Waals surface area contributed by atoms with Gasteiger partial charge in [-0.15, -0.1) is 6.42 Å². The van der Waals surface area contributed by atoms with Gasteiger partial charge in [-0.3, -0.25) is 0 Å². The molecule has 2 aromatic heterocycles. The molecule has 0 bridgehead atoms. The zero-order valence-corrected chi connectivity index (χ0v) is 27.9. The van der Waals surface area contributed by atoms with Gasteiger partial charge in [0.1, 0.15) is 0 Å². The Morgan fingerprint density at radius 2 is 1.52 bits per heavy atom. The molecule has 0 saturated heterocycles. The first-order valence-corrected chi connectivity index (χ1v) is 16.7. The van der Waals surface area contributed by atoms with E-state index in [1.807, 2.05) is 36.4 Å². The summed E-state index contributed by atoms with van der Waals surface area (Å²) in [5, 5.41) is 22.7. The van der Waals surface area contributed by atoms with Crippen molar-refractivity contribution in [1.82, 2.24) is 9.13 Å². The van der Waals surface area contributed by atoms with Crippen molar-refractivity contribution < 1.29 is 0 Å². The number of benzene rings is 5. The Morgan fingerprint density at radius 1 is 0.740 bits per heavy atom. The van der Waals surface area contributed by atoms with Crippen LogP contribution in [0.15, 0.2) is 115 Å². The Kier molecular flexibility index (Phi) is 7.53. The fraction of sp³-hybridized carbons (Fsp3) is 0.0870. The lowest BCUT2D eigenvalue weighted by Crippen LogP contribution is -2.02. The summed E-state index contributed by atoms with van der Waals surface area (Å²) in [4.78, 5) is 0. The van der Waals surface area contributed by atoms with E-state index in [9.17, 15) is 10.5 Å². The van der Waals surface area contributed by atoms with Crippen LogP contribution < -0.4 is 0 Å². The molecular weight excluding hydrogens is 609 g/mol. The molecular formula is C46H32N4. The Labute approximate surface area is 292 Å². The molecule has 0 atom stereocenters. The average molecular weight is 641 g/mol. The molecule has 50 heavy (non-hydrogen) atoms. The Hall–Kier alpha value is -6.80. The van der Waals surface area contributed by atoms with E-state index in [-0.39, 0.29) is 0 Å². The zero-order chi connectivity index (χ0) is 34.4. The van der Waals surface area contributed by atoms with Gasteiger partial charge in [-0.2, -0.15) is 10.5 Å². The third-order valence-corrected chi connectivity index (χ3v) is 9.94. The highest BCUT2D eigenvalue weighted by atomic mass is 15.0. The van der Waals surface area contributed by atoms with Crippen LogP contribution in [0.4, 0.5) is 0 Å². The minimum Gasteiger partial charge on any atom is -0.310 e. The van der Waals surface area contributed by atoms with Crippen molar-refractivity contribution in [3.05, 3.63) is 154 Å². The summed E-state index contributed by atoms with van der Waals surface area (Å²) in [5.74, 6) is 2.65. The van der Waals surface area contributed by atoms with E-state index in [4.69, 9.17) is 6.42 Å². The molecule has 0 radical (unpaired) electrons. The third-order valence-electron chi connectivity index (χ3n) is 9.94. The molecule has 236 valence electrons. The Morgan fingerprint density at radius 3 is 2.36 bits per heavy atom. The number of aryl methyl sites for hydroxylation is 3. The van der Waals surface area contributed by atoms with E-state index in [2.05, 4.69) is 126 Å². The van der Waals surface area contributed by atoms with Crippen LogP contribution in [0.3, 0.4) is 0 Å². The smallest absolute Gasteiger partial charge is 0.0998 e. The molecule has 0 fully saturated rings. The van der Waals surface area contributed by atoms with Crippen LogP contribution in [-0.2, 0) is 6.42 Å². The van der Waals surface area contributed by atoms with Crippen molar-refractivity contribution >= 4 is 34.0 Å². The molecule has 0 saturated carbocycles. The minimum absolute atomic E-state index is 0.614. The number of rotatable bonds is 5. The van der Waals surface area contributed by atoms with E-state index in [1.165, 1.54) is 5.56 Å². The van der Waals surface area contributed by atoms with Crippen LogP contribution in [0.25, 0.3) is 67.6 Å². The number of para-hydroxylation sites is 2. The maximum atomic E-state index is 10.5. The van der Waals surface area contributed by atoms with Crippen molar-refractivity contribution in [3.63, 3.8) is 0 Å². The second kappa shape index (κ2) is 12.3. The van der Waals surface area contributed by atoms with Crippen LogP contribution in [-0.4, -0.2) is 9.13 Å². The van der Waals surface area contributed by atoms with Gasteiger partial charge in [0.25, 0.3) is 0 Å². The van der Waals surface area contributed by atoms with Crippen LogP contribution in [0.5, 0.6) is 0 Å². The lowest BCUT2D eigenvalue weighted by molar-refractivity contribution is 0.967. The predicted octanol–water partition coefficient (Wildman–Crippen LogP) is 10.9. The topological polar surface area (TPSA) is 57.4 Å². The Balaban J connectivity index is 1.34.